The molecule has 2 aliphatic rings. The van der Waals surface area contributed by atoms with Crippen LogP contribution in [0.2, 0.25) is 0 Å². The topological polar surface area (TPSA) is 32.8 Å². The molecule has 0 aromatic heterocycles. The average molecular weight is 254 g/mol. The second-order valence-electron chi connectivity index (χ2n) is 4.67. The van der Waals surface area contributed by atoms with Gasteiger partial charge in [0, 0.05) is 32.8 Å². The van der Waals surface area contributed by atoms with Crippen LogP contribution in [0.3, 0.4) is 0 Å². The molecule has 1 amide bonds. The molecule has 2 rings (SSSR count). The summed E-state index contributed by atoms with van der Waals surface area (Å²) in [6, 6.07) is 0. The monoisotopic (exact) mass is 254 g/mol. The molecule has 1 unspecified atom stereocenters. The Labute approximate surface area is 111 Å². The van der Waals surface area contributed by atoms with Gasteiger partial charge < -0.3 is 9.64 Å². The first-order valence-corrected chi connectivity index (χ1v) is 6.94. The summed E-state index contributed by atoms with van der Waals surface area (Å²) in [5.74, 6) is 0.216. The third-order valence-electron chi connectivity index (χ3n) is 3.43. The van der Waals surface area contributed by atoms with E-state index in [2.05, 4.69) is 25.0 Å². The van der Waals surface area contributed by atoms with Gasteiger partial charge in [0.2, 0.25) is 0 Å². The Morgan fingerprint density at radius 2 is 1.94 bits per heavy atom. The van der Waals surface area contributed by atoms with Gasteiger partial charge in [0.1, 0.15) is 6.10 Å². The van der Waals surface area contributed by atoms with E-state index in [4.69, 9.17) is 4.74 Å². The number of rotatable bonds is 3. The van der Waals surface area contributed by atoms with Gasteiger partial charge in [0.05, 0.1) is 0 Å². The van der Waals surface area contributed by atoms with Gasteiger partial charge in [-0.3, -0.25) is 9.69 Å². The van der Waals surface area contributed by atoms with E-state index in [1.807, 2.05) is 4.90 Å². The molecule has 1 atom stereocenters. The second-order valence-corrected chi connectivity index (χ2v) is 4.67. The Morgan fingerprint density at radius 1 is 1.28 bits per heavy atom. The standard InChI is InChI=1S/C12H22N2O2.C2H4/c1-2-5-13-6-8-14(9-7-13)12(15)11-4-3-10-16-11;1-2/h11H,2-10H2,1H3;1-2H2. The molecular formula is C14H26N2O2. The van der Waals surface area contributed by atoms with E-state index in [1.54, 1.807) is 0 Å². The van der Waals surface area contributed by atoms with E-state index in [9.17, 15) is 4.79 Å². The molecular weight excluding hydrogens is 228 g/mol. The summed E-state index contributed by atoms with van der Waals surface area (Å²) in [5, 5.41) is 0. The first kappa shape index (κ1) is 15.2. The molecule has 2 heterocycles. The molecule has 18 heavy (non-hydrogen) atoms. The highest BCUT2D eigenvalue weighted by Crippen LogP contribution is 2.15. The predicted octanol–water partition coefficient (Wildman–Crippen LogP) is 1.52. The summed E-state index contributed by atoms with van der Waals surface area (Å²) < 4.78 is 5.44. The van der Waals surface area contributed by atoms with E-state index in [0.717, 1.165) is 52.2 Å². The molecule has 4 nitrogen and oxygen atoms in total. The lowest BCUT2D eigenvalue weighted by Gasteiger charge is -2.35. The van der Waals surface area contributed by atoms with Crippen molar-refractivity contribution in [2.75, 3.05) is 39.3 Å². The van der Waals surface area contributed by atoms with Crippen LogP contribution in [0.1, 0.15) is 26.2 Å². The van der Waals surface area contributed by atoms with E-state index in [0.29, 0.717) is 0 Å². The minimum absolute atomic E-state index is 0.141. The summed E-state index contributed by atoms with van der Waals surface area (Å²) in [5.41, 5.74) is 0. The molecule has 0 radical (unpaired) electrons. The van der Waals surface area contributed by atoms with Crippen LogP contribution in [-0.4, -0.2) is 61.1 Å². The number of carbonyl (C=O) groups is 1. The predicted molar refractivity (Wildman–Crippen MR) is 73.5 cm³/mol. The summed E-state index contributed by atoms with van der Waals surface area (Å²) in [4.78, 5) is 16.5. The smallest absolute Gasteiger partial charge is 0.251 e. The normalized spacial score (nSPS) is 24.5. The molecule has 2 fully saturated rings. The fraction of sp³-hybridized carbons (Fsp3) is 0.786. The maximum atomic E-state index is 12.0. The molecule has 2 saturated heterocycles. The van der Waals surface area contributed by atoms with Crippen molar-refractivity contribution in [3.8, 4) is 0 Å². The van der Waals surface area contributed by atoms with Gasteiger partial charge in [-0.25, -0.2) is 0 Å². The van der Waals surface area contributed by atoms with E-state index in [-0.39, 0.29) is 12.0 Å². The second kappa shape index (κ2) is 8.27. The van der Waals surface area contributed by atoms with Gasteiger partial charge in [0.25, 0.3) is 5.91 Å². The van der Waals surface area contributed by atoms with Crippen molar-refractivity contribution in [3.05, 3.63) is 13.2 Å². The van der Waals surface area contributed by atoms with Crippen molar-refractivity contribution in [1.82, 2.24) is 9.80 Å². The number of hydrogen-bond acceptors (Lipinski definition) is 3. The third-order valence-corrected chi connectivity index (χ3v) is 3.43. The maximum absolute atomic E-state index is 12.0. The van der Waals surface area contributed by atoms with Gasteiger partial charge in [0.15, 0.2) is 0 Å². The lowest BCUT2D eigenvalue weighted by molar-refractivity contribution is -0.142. The van der Waals surface area contributed by atoms with Gasteiger partial charge in [-0.05, 0) is 25.8 Å². The average Bonchev–Trinajstić information content (AvgIpc) is 2.95. The van der Waals surface area contributed by atoms with Crippen LogP contribution in [0.4, 0.5) is 0 Å². The fourth-order valence-corrected chi connectivity index (χ4v) is 2.48. The largest absolute Gasteiger partial charge is 0.368 e. The molecule has 0 N–H and O–H groups in total. The Bertz CT molecular complexity index is 244. The number of amides is 1. The zero-order valence-corrected chi connectivity index (χ0v) is 11.6. The van der Waals surface area contributed by atoms with Crippen LogP contribution in [0.5, 0.6) is 0 Å². The molecule has 0 aliphatic carbocycles. The molecule has 4 heteroatoms. The van der Waals surface area contributed by atoms with Crippen LogP contribution >= 0.6 is 0 Å². The summed E-state index contributed by atoms with van der Waals surface area (Å²) >= 11 is 0. The zero-order chi connectivity index (χ0) is 13.4. The molecule has 0 aromatic rings. The van der Waals surface area contributed by atoms with Gasteiger partial charge in [-0.15, -0.1) is 13.2 Å². The van der Waals surface area contributed by atoms with Crippen molar-refractivity contribution in [2.45, 2.75) is 32.3 Å². The summed E-state index contributed by atoms with van der Waals surface area (Å²) in [6.45, 7) is 13.9. The Kier molecular flexibility index (Phi) is 6.98. The van der Waals surface area contributed by atoms with Crippen molar-refractivity contribution in [3.63, 3.8) is 0 Å². The van der Waals surface area contributed by atoms with Crippen LogP contribution < -0.4 is 0 Å². The summed E-state index contributed by atoms with van der Waals surface area (Å²) in [7, 11) is 0. The molecule has 0 saturated carbocycles. The quantitative estimate of drug-likeness (QED) is 0.716. The summed E-state index contributed by atoms with van der Waals surface area (Å²) in [6.07, 6.45) is 3.00. The van der Waals surface area contributed by atoms with Gasteiger partial charge in [-0.1, -0.05) is 6.92 Å². The Hall–Kier alpha value is -0.870. The highest BCUT2D eigenvalue weighted by Gasteiger charge is 2.29. The third kappa shape index (κ3) is 4.10. The molecule has 0 spiro atoms. The highest BCUT2D eigenvalue weighted by molar-refractivity contribution is 5.81. The minimum atomic E-state index is -0.141. The molecule has 0 bridgehead atoms. The highest BCUT2D eigenvalue weighted by atomic mass is 16.5. The van der Waals surface area contributed by atoms with E-state index < -0.39 is 0 Å². The molecule has 0 aromatic carbocycles. The maximum Gasteiger partial charge on any atom is 0.251 e. The molecule has 2 aliphatic heterocycles. The Balaban J connectivity index is 0.000000771. The van der Waals surface area contributed by atoms with Crippen LogP contribution in [0, 0.1) is 0 Å². The first-order chi connectivity index (χ1) is 8.81. The van der Waals surface area contributed by atoms with Gasteiger partial charge >= 0.3 is 0 Å². The Morgan fingerprint density at radius 3 is 2.44 bits per heavy atom. The minimum Gasteiger partial charge on any atom is -0.368 e. The van der Waals surface area contributed by atoms with E-state index in [1.165, 1.54) is 6.42 Å². The van der Waals surface area contributed by atoms with Crippen molar-refractivity contribution >= 4 is 5.91 Å². The van der Waals surface area contributed by atoms with Crippen LogP contribution in [0.25, 0.3) is 0 Å². The lowest BCUT2D eigenvalue weighted by atomic mass is 10.2. The number of piperazine rings is 1. The SMILES string of the molecule is C=C.CCCN1CCN(C(=O)C2CCCO2)CC1. The van der Waals surface area contributed by atoms with E-state index >= 15 is 0 Å². The zero-order valence-electron chi connectivity index (χ0n) is 11.6. The number of nitrogens with zero attached hydrogens (tertiary/aromatic N) is 2. The van der Waals surface area contributed by atoms with Crippen molar-refractivity contribution in [1.29, 1.82) is 0 Å². The lowest BCUT2D eigenvalue weighted by Crippen LogP contribution is -2.51. The first-order valence-electron chi connectivity index (χ1n) is 6.94. The van der Waals surface area contributed by atoms with Crippen molar-refractivity contribution in [2.24, 2.45) is 0 Å². The fourth-order valence-electron chi connectivity index (χ4n) is 2.48. The number of ether oxygens (including phenoxy) is 1. The van der Waals surface area contributed by atoms with Gasteiger partial charge in [-0.2, -0.15) is 0 Å². The number of carbonyl (C=O) groups excluding carboxylic acids is 1. The van der Waals surface area contributed by atoms with Crippen LogP contribution in [-0.2, 0) is 9.53 Å². The number of hydrogen-bond donors (Lipinski definition) is 0. The molecule has 104 valence electrons. The van der Waals surface area contributed by atoms with Crippen LogP contribution in [0.15, 0.2) is 13.2 Å². The van der Waals surface area contributed by atoms with Crippen molar-refractivity contribution < 1.29 is 9.53 Å².